The second-order valence-electron chi connectivity index (χ2n) is 3.77. The zero-order chi connectivity index (χ0) is 12.3. The Labute approximate surface area is 113 Å². The number of ether oxygens (including phenoxy) is 1. The molecule has 0 unspecified atom stereocenters. The van der Waals surface area contributed by atoms with Crippen LogP contribution >= 0.6 is 27.3 Å². The van der Waals surface area contributed by atoms with Gasteiger partial charge in [0, 0.05) is 14.7 Å². The Hall–Kier alpha value is -0.840. The van der Waals surface area contributed by atoms with Crippen molar-refractivity contribution in [1.29, 1.82) is 0 Å². The summed E-state index contributed by atoms with van der Waals surface area (Å²) in [6, 6.07) is 9.59. The molecule has 90 valence electrons. The van der Waals surface area contributed by atoms with Crippen LogP contribution in [0.25, 0.3) is 0 Å². The van der Waals surface area contributed by atoms with Gasteiger partial charge in [-0.15, -0.1) is 11.3 Å². The maximum absolute atomic E-state index is 9.48. The molecule has 4 heteroatoms. The molecule has 0 bridgehead atoms. The van der Waals surface area contributed by atoms with E-state index in [4.69, 9.17) is 4.74 Å². The summed E-state index contributed by atoms with van der Waals surface area (Å²) in [6.07, 6.45) is -0.463. The van der Waals surface area contributed by atoms with Crippen LogP contribution in [-0.2, 0) is 6.61 Å². The van der Waals surface area contributed by atoms with Gasteiger partial charge in [-0.25, -0.2) is 0 Å². The number of thiophene rings is 1. The van der Waals surface area contributed by atoms with Crippen molar-refractivity contribution >= 4 is 27.3 Å². The first-order valence-corrected chi connectivity index (χ1v) is 6.96. The highest BCUT2D eigenvalue weighted by Crippen LogP contribution is 2.23. The van der Waals surface area contributed by atoms with Crippen molar-refractivity contribution in [3.8, 4) is 5.75 Å². The lowest BCUT2D eigenvalue weighted by Gasteiger charge is -2.08. The number of rotatable bonds is 4. The Morgan fingerprint density at radius 3 is 2.88 bits per heavy atom. The van der Waals surface area contributed by atoms with Gasteiger partial charge in [-0.05, 0) is 46.6 Å². The quantitative estimate of drug-likeness (QED) is 0.919. The molecule has 0 aliphatic carbocycles. The largest absolute Gasteiger partial charge is 0.488 e. The topological polar surface area (TPSA) is 29.5 Å². The molecule has 0 spiro atoms. The minimum Gasteiger partial charge on any atom is -0.488 e. The van der Waals surface area contributed by atoms with Gasteiger partial charge in [0.05, 0.1) is 6.10 Å². The average molecular weight is 313 g/mol. The summed E-state index contributed by atoms with van der Waals surface area (Å²) >= 11 is 5.07. The number of benzene rings is 1. The molecule has 0 aliphatic rings. The van der Waals surface area contributed by atoms with Gasteiger partial charge in [0.25, 0.3) is 0 Å². The van der Waals surface area contributed by atoms with Crippen molar-refractivity contribution in [2.75, 3.05) is 0 Å². The molecule has 1 aromatic carbocycles. The summed E-state index contributed by atoms with van der Waals surface area (Å²) in [6.45, 7) is 2.30. The third-order valence-corrected chi connectivity index (χ3v) is 4.01. The van der Waals surface area contributed by atoms with E-state index < -0.39 is 6.10 Å². The lowest BCUT2D eigenvalue weighted by molar-refractivity contribution is 0.198. The summed E-state index contributed by atoms with van der Waals surface area (Å²) in [7, 11) is 0. The van der Waals surface area contributed by atoms with Gasteiger partial charge >= 0.3 is 0 Å². The number of aliphatic hydroxyl groups excluding tert-OH is 1. The van der Waals surface area contributed by atoms with Gasteiger partial charge in [-0.3, -0.25) is 0 Å². The predicted octanol–water partition coefficient (Wildman–Crippen LogP) is 4.14. The summed E-state index contributed by atoms with van der Waals surface area (Å²) in [5, 5.41) is 11.5. The Morgan fingerprint density at radius 1 is 1.41 bits per heavy atom. The minimum atomic E-state index is -0.463. The Kier molecular flexibility index (Phi) is 4.20. The van der Waals surface area contributed by atoms with Crippen LogP contribution in [0.15, 0.2) is 40.2 Å². The van der Waals surface area contributed by atoms with Crippen LogP contribution in [0.1, 0.15) is 23.5 Å². The second-order valence-corrected chi connectivity index (χ2v) is 5.68. The van der Waals surface area contributed by atoms with Gasteiger partial charge in [-0.2, -0.15) is 0 Å². The minimum absolute atomic E-state index is 0.463. The van der Waals surface area contributed by atoms with E-state index in [1.807, 2.05) is 35.7 Å². The predicted molar refractivity (Wildman–Crippen MR) is 73.4 cm³/mol. The van der Waals surface area contributed by atoms with E-state index >= 15 is 0 Å². The molecule has 1 atom stereocenters. The van der Waals surface area contributed by atoms with Crippen LogP contribution in [-0.4, -0.2) is 5.11 Å². The molecular weight excluding hydrogens is 300 g/mol. The van der Waals surface area contributed by atoms with E-state index in [0.717, 1.165) is 15.8 Å². The van der Waals surface area contributed by atoms with Crippen LogP contribution in [0.3, 0.4) is 0 Å². The molecule has 0 amide bonds. The molecule has 0 saturated heterocycles. The van der Waals surface area contributed by atoms with Gasteiger partial charge in [0.15, 0.2) is 0 Å². The van der Waals surface area contributed by atoms with E-state index in [1.54, 1.807) is 18.3 Å². The monoisotopic (exact) mass is 312 g/mol. The first kappa shape index (κ1) is 12.6. The first-order chi connectivity index (χ1) is 8.15. The molecule has 0 radical (unpaired) electrons. The molecule has 1 N–H and O–H groups in total. The third-order valence-electron chi connectivity index (χ3n) is 2.34. The lowest BCUT2D eigenvalue weighted by Crippen LogP contribution is -1.95. The van der Waals surface area contributed by atoms with Crippen molar-refractivity contribution < 1.29 is 9.84 Å². The molecule has 2 nitrogen and oxygen atoms in total. The molecule has 17 heavy (non-hydrogen) atoms. The SMILES string of the molecule is C[C@@H](O)c1cccc(OCc2cc(Br)cs2)c1. The standard InChI is InChI=1S/C13H13BrO2S/c1-9(15)10-3-2-4-12(5-10)16-7-13-6-11(14)8-17-13/h2-6,8-9,15H,7H2,1H3/t9-/m1/s1. The van der Waals surface area contributed by atoms with E-state index in [-0.39, 0.29) is 0 Å². The lowest BCUT2D eigenvalue weighted by atomic mass is 10.1. The molecule has 0 fully saturated rings. The number of hydrogen-bond donors (Lipinski definition) is 1. The Morgan fingerprint density at radius 2 is 2.24 bits per heavy atom. The Balaban J connectivity index is 2.01. The highest BCUT2D eigenvalue weighted by atomic mass is 79.9. The van der Waals surface area contributed by atoms with Crippen molar-refractivity contribution in [1.82, 2.24) is 0 Å². The normalized spacial score (nSPS) is 12.4. The molecule has 1 heterocycles. The summed E-state index contributed by atoms with van der Waals surface area (Å²) < 4.78 is 6.76. The van der Waals surface area contributed by atoms with E-state index in [9.17, 15) is 5.11 Å². The summed E-state index contributed by atoms with van der Waals surface area (Å²) in [5.41, 5.74) is 0.870. The summed E-state index contributed by atoms with van der Waals surface area (Å²) in [5.74, 6) is 0.785. The van der Waals surface area contributed by atoms with Gasteiger partial charge in [0.1, 0.15) is 12.4 Å². The molecule has 0 saturated carbocycles. The van der Waals surface area contributed by atoms with Crippen LogP contribution in [0.5, 0.6) is 5.75 Å². The van der Waals surface area contributed by atoms with Gasteiger partial charge in [0.2, 0.25) is 0 Å². The average Bonchev–Trinajstić information content (AvgIpc) is 2.73. The van der Waals surface area contributed by atoms with E-state index in [0.29, 0.717) is 6.61 Å². The van der Waals surface area contributed by atoms with E-state index in [2.05, 4.69) is 15.9 Å². The second kappa shape index (κ2) is 5.67. The third kappa shape index (κ3) is 3.56. The molecule has 0 aliphatic heterocycles. The van der Waals surface area contributed by atoms with Crippen molar-refractivity contribution in [2.24, 2.45) is 0 Å². The molecular formula is C13H13BrO2S. The van der Waals surface area contributed by atoms with Crippen LogP contribution in [0, 0.1) is 0 Å². The highest BCUT2D eigenvalue weighted by Gasteiger charge is 2.03. The number of hydrogen-bond acceptors (Lipinski definition) is 3. The van der Waals surface area contributed by atoms with Crippen molar-refractivity contribution in [3.05, 3.63) is 50.6 Å². The zero-order valence-electron chi connectivity index (χ0n) is 9.39. The number of aliphatic hydroxyl groups is 1. The fourth-order valence-corrected chi connectivity index (χ4v) is 2.81. The van der Waals surface area contributed by atoms with Crippen molar-refractivity contribution in [2.45, 2.75) is 19.6 Å². The van der Waals surface area contributed by atoms with E-state index in [1.165, 1.54) is 4.88 Å². The van der Waals surface area contributed by atoms with Gasteiger partial charge in [-0.1, -0.05) is 12.1 Å². The van der Waals surface area contributed by atoms with Gasteiger partial charge < -0.3 is 9.84 Å². The fourth-order valence-electron chi connectivity index (χ4n) is 1.45. The molecule has 2 aromatic rings. The molecule has 2 rings (SSSR count). The summed E-state index contributed by atoms with van der Waals surface area (Å²) in [4.78, 5) is 1.17. The van der Waals surface area contributed by atoms with Crippen molar-refractivity contribution in [3.63, 3.8) is 0 Å². The maximum atomic E-state index is 9.48. The van der Waals surface area contributed by atoms with Crippen LogP contribution in [0.4, 0.5) is 0 Å². The Bertz CT molecular complexity index is 494. The zero-order valence-corrected chi connectivity index (χ0v) is 11.8. The fraction of sp³-hybridized carbons (Fsp3) is 0.231. The van der Waals surface area contributed by atoms with Crippen LogP contribution < -0.4 is 4.74 Å². The smallest absolute Gasteiger partial charge is 0.122 e. The highest BCUT2D eigenvalue weighted by molar-refractivity contribution is 9.10. The number of halogens is 1. The first-order valence-electron chi connectivity index (χ1n) is 5.29. The molecule has 1 aromatic heterocycles. The maximum Gasteiger partial charge on any atom is 0.122 e. The van der Waals surface area contributed by atoms with Crippen LogP contribution in [0.2, 0.25) is 0 Å².